The van der Waals surface area contributed by atoms with Crippen molar-refractivity contribution in [1.29, 1.82) is 0 Å². The molecule has 27 heavy (non-hydrogen) atoms. The van der Waals surface area contributed by atoms with Crippen LogP contribution in [0.3, 0.4) is 0 Å². The van der Waals surface area contributed by atoms with E-state index in [2.05, 4.69) is 10.3 Å². The molecule has 3 rings (SSSR count). The summed E-state index contributed by atoms with van der Waals surface area (Å²) < 4.78 is 0. The third-order valence-corrected chi connectivity index (χ3v) is 5.12. The van der Waals surface area contributed by atoms with E-state index < -0.39 is 0 Å². The first kappa shape index (κ1) is 19.3. The number of fused-ring (bicyclic) bond motifs is 2. The molecule has 0 radical (unpaired) electrons. The van der Waals surface area contributed by atoms with Crippen molar-refractivity contribution in [1.82, 2.24) is 5.32 Å². The van der Waals surface area contributed by atoms with Crippen LogP contribution in [0.2, 0.25) is 0 Å². The third-order valence-electron chi connectivity index (χ3n) is 5.12. The quantitative estimate of drug-likeness (QED) is 0.711. The summed E-state index contributed by atoms with van der Waals surface area (Å²) in [5.74, 6) is 0.580. The number of carbonyl (C=O) groups is 2. The number of carbonyl (C=O) groups excluding carboxylic acids is 2. The highest BCUT2D eigenvalue weighted by Crippen LogP contribution is 2.34. The second-order valence-electron chi connectivity index (χ2n) is 7.23. The summed E-state index contributed by atoms with van der Waals surface area (Å²) in [5.41, 5.74) is 4.16. The van der Waals surface area contributed by atoms with E-state index in [1.165, 1.54) is 5.70 Å². The van der Waals surface area contributed by atoms with Gasteiger partial charge in [-0.25, -0.2) is 0 Å². The maximum absolute atomic E-state index is 12.1. The predicted molar refractivity (Wildman–Crippen MR) is 110 cm³/mol. The Bertz CT molecular complexity index is 774. The number of hydrogen-bond donors (Lipinski definition) is 1. The zero-order valence-electron chi connectivity index (χ0n) is 15.9. The van der Waals surface area contributed by atoms with Crippen molar-refractivity contribution >= 4 is 29.0 Å². The Balaban J connectivity index is 1.90. The lowest BCUT2D eigenvalue weighted by Crippen LogP contribution is -2.21. The molecule has 1 aliphatic carbocycles. The molecule has 2 aliphatic rings. The molecule has 1 N–H and O–H groups in total. The molecule has 1 aromatic carbocycles. The summed E-state index contributed by atoms with van der Waals surface area (Å²) >= 11 is 0. The highest BCUT2D eigenvalue weighted by Gasteiger charge is 2.21. The van der Waals surface area contributed by atoms with Crippen LogP contribution in [-0.4, -0.2) is 24.3 Å². The van der Waals surface area contributed by atoms with E-state index in [1.54, 1.807) is 6.21 Å². The molecule has 0 bridgehead atoms. The summed E-state index contributed by atoms with van der Waals surface area (Å²) in [6, 6.07) is 7.98. The molecule has 1 aliphatic heterocycles. The number of ketones is 2. The van der Waals surface area contributed by atoms with Gasteiger partial charge in [0.2, 0.25) is 0 Å². The molecular formula is C23H28N2O2. The zero-order valence-corrected chi connectivity index (χ0v) is 15.9. The lowest BCUT2D eigenvalue weighted by Gasteiger charge is -2.22. The molecule has 0 saturated carbocycles. The van der Waals surface area contributed by atoms with E-state index in [1.807, 2.05) is 36.4 Å². The SMILES string of the molecule is O=C1CC=CC=Nc2ccccc2C2=C(CCC(=O)C2)NCCCCCC1. The van der Waals surface area contributed by atoms with Gasteiger partial charge in [0.15, 0.2) is 0 Å². The van der Waals surface area contributed by atoms with Gasteiger partial charge < -0.3 is 5.32 Å². The van der Waals surface area contributed by atoms with E-state index >= 15 is 0 Å². The fourth-order valence-electron chi connectivity index (χ4n) is 3.63. The van der Waals surface area contributed by atoms with Gasteiger partial charge in [0.25, 0.3) is 0 Å². The van der Waals surface area contributed by atoms with Crippen molar-refractivity contribution < 1.29 is 9.59 Å². The van der Waals surface area contributed by atoms with E-state index in [0.717, 1.165) is 55.5 Å². The molecule has 1 aromatic rings. The van der Waals surface area contributed by atoms with Crippen molar-refractivity contribution in [3.05, 3.63) is 47.7 Å². The van der Waals surface area contributed by atoms with Gasteiger partial charge in [-0.2, -0.15) is 0 Å². The monoisotopic (exact) mass is 364 g/mol. The van der Waals surface area contributed by atoms with Gasteiger partial charge in [-0.3, -0.25) is 14.6 Å². The molecule has 4 nitrogen and oxygen atoms in total. The third kappa shape index (κ3) is 5.75. The Morgan fingerprint density at radius 2 is 1.74 bits per heavy atom. The molecule has 0 aromatic heterocycles. The predicted octanol–water partition coefficient (Wildman–Crippen LogP) is 4.92. The van der Waals surface area contributed by atoms with Crippen LogP contribution in [-0.2, 0) is 9.59 Å². The van der Waals surface area contributed by atoms with Crippen LogP contribution in [0.5, 0.6) is 0 Å². The maximum Gasteiger partial charge on any atom is 0.137 e. The van der Waals surface area contributed by atoms with Gasteiger partial charge in [0.1, 0.15) is 11.6 Å². The van der Waals surface area contributed by atoms with Gasteiger partial charge in [-0.15, -0.1) is 0 Å². The first-order valence-corrected chi connectivity index (χ1v) is 10.0. The number of rotatable bonds is 0. The van der Waals surface area contributed by atoms with Crippen LogP contribution >= 0.6 is 0 Å². The molecular weight excluding hydrogens is 336 g/mol. The maximum atomic E-state index is 12.1. The molecule has 142 valence electrons. The smallest absolute Gasteiger partial charge is 0.137 e. The first-order valence-electron chi connectivity index (χ1n) is 10.0. The van der Waals surface area contributed by atoms with Gasteiger partial charge >= 0.3 is 0 Å². The number of aliphatic imine (C=N–C) groups is 1. The zero-order chi connectivity index (χ0) is 18.9. The van der Waals surface area contributed by atoms with Crippen molar-refractivity contribution in [2.75, 3.05) is 6.54 Å². The van der Waals surface area contributed by atoms with Crippen molar-refractivity contribution in [2.24, 2.45) is 4.99 Å². The second-order valence-corrected chi connectivity index (χ2v) is 7.23. The van der Waals surface area contributed by atoms with E-state index in [9.17, 15) is 9.59 Å². The van der Waals surface area contributed by atoms with Gasteiger partial charge in [0, 0.05) is 49.7 Å². The highest BCUT2D eigenvalue weighted by molar-refractivity contribution is 5.95. The lowest BCUT2D eigenvalue weighted by molar-refractivity contribution is -0.119. The summed E-state index contributed by atoms with van der Waals surface area (Å²) in [6.45, 7) is 0.911. The molecule has 1 heterocycles. The number of hydrogen-bond acceptors (Lipinski definition) is 4. The second kappa shape index (κ2) is 10.0. The molecule has 0 amide bonds. The van der Waals surface area contributed by atoms with E-state index in [-0.39, 0.29) is 5.78 Å². The Morgan fingerprint density at radius 1 is 0.889 bits per heavy atom. The number of allylic oxidation sites excluding steroid dienone is 4. The minimum Gasteiger partial charge on any atom is -0.388 e. The van der Waals surface area contributed by atoms with Crippen LogP contribution in [0.1, 0.15) is 63.4 Å². The molecule has 0 unspecified atom stereocenters. The Hall–Kier alpha value is -2.49. The normalized spacial score (nSPS) is 19.9. The molecule has 4 heteroatoms. The fraction of sp³-hybridized carbons (Fsp3) is 0.435. The van der Waals surface area contributed by atoms with Gasteiger partial charge in [-0.1, -0.05) is 37.1 Å². The van der Waals surface area contributed by atoms with Crippen LogP contribution in [0.15, 0.2) is 47.1 Å². The highest BCUT2D eigenvalue weighted by atomic mass is 16.1. The number of benzene rings is 1. The van der Waals surface area contributed by atoms with E-state index in [4.69, 9.17) is 0 Å². The summed E-state index contributed by atoms with van der Waals surface area (Å²) in [4.78, 5) is 28.6. The minimum atomic E-state index is 0.290. The number of nitrogens with zero attached hydrogens (tertiary/aromatic N) is 1. The van der Waals surface area contributed by atoms with E-state index in [0.29, 0.717) is 31.5 Å². The Morgan fingerprint density at radius 3 is 2.67 bits per heavy atom. The van der Waals surface area contributed by atoms with Crippen molar-refractivity contribution in [3.63, 3.8) is 0 Å². The summed E-state index contributed by atoms with van der Waals surface area (Å²) in [5, 5.41) is 3.58. The topological polar surface area (TPSA) is 58.5 Å². The molecule has 0 atom stereocenters. The van der Waals surface area contributed by atoms with Gasteiger partial charge in [0.05, 0.1) is 5.69 Å². The number of nitrogens with one attached hydrogen (secondary N) is 1. The number of Topliss-reactive ketones (excluding diaryl/α,β-unsaturated/α-hetero) is 2. The Kier molecular flexibility index (Phi) is 7.14. The molecule has 0 spiro atoms. The van der Waals surface area contributed by atoms with Crippen LogP contribution in [0.4, 0.5) is 5.69 Å². The van der Waals surface area contributed by atoms with Crippen LogP contribution in [0.25, 0.3) is 5.57 Å². The standard InChI is InChI=1S/C23H28N2O2/c26-18-9-3-1-2-7-15-25-23-14-13-19(27)17-21(23)20-11-4-5-12-22(20)24-16-8-6-10-18/h4-6,8,11-12,16,25H,1-3,7,9-10,13-15,17H2. The average molecular weight is 364 g/mol. The fourth-order valence-corrected chi connectivity index (χ4v) is 3.63. The molecule has 0 fully saturated rings. The Labute approximate surface area is 161 Å². The number of para-hydroxylation sites is 1. The largest absolute Gasteiger partial charge is 0.388 e. The van der Waals surface area contributed by atoms with Crippen molar-refractivity contribution in [2.45, 2.75) is 57.8 Å². The van der Waals surface area contributed by atoms with Crippen LogP contribution in [0, 0.1) is 0 Å². The summed E-state index contributed by atoms with van der Waals surface area (Å²) in [6.07, 6.45) is 12.7. The van der Waals surface area contributed by atoms with Gasteiger partial charge in [-0.05, 0) is 37.0 Å². The van der Waals surface area contributed by atoms with Crippen LogP contribution < -0.4 is 5.32 Å². The molecule has 0 saturated heterocycles. The first-order chi connectivity index (χ1) is 13.2. The average Bonchev–Trinajstić information content (AvgIpc) is 2.68. The summed E-state index contributed by atoms with van der Waals surface area (Å²) in [7, 11) is 0. The van der Waals surface area contributed by atoms with Crippen molar-refractivity contribution in [3.8, 4) is 0 Å². The minimum absolute atomic E-state index is 0.290. The lowest BCUT2D eigenvalue weighted by atomic mass is 9.89.